The normalized spacial score (nSPS) is 17.4. The number of hydrogen-bond donors (Lipinski definition) is 0. The molecule has 3 aromatic rings. The second-order valence-electron chi connectivity index (χ2n) is 6.99. The summed E-state index contributed by atoms with van der Waals surface area (Å²) in [6.45, 7) is 3.07. The zero-order valence-corrected chi connectivity index (χ0v) is 16.5. The predicted octanol–water partition coefficient (Wildman–Crippen LogP) is 4.91. The number of rotatable bonds is 5. The highest BCUT2D eigenvalue weighted by molar-refractivity contribution is 7.99. The Balaban J connectivity index is 1.60. The van der Waals surface area contributed by atoms with Crippen molar-refractivity contribution >= 4 is 28.7 Å². The van der Waals surface area contributed by atoms with Gasteiger partial charge in [-0.15, -0.1) is 0 Å². The molecule has 1 aromatic heterocycles. The fourth-order valence-corrected chi connectivity index (χ4v) is 4.80. The number of imidazole rings is 1. The Bertz CT molecular complexity index is 922. The number of carbonyl (C=O) groups is 1. The number of piperidine rings is 1. The largest absolute Gasteiger partial charge is 0.339 e. The van der Waals surface area contributed by atoms with Crippen molar-refractivity contribution in [1.29, 1.82) is 0 Å². The first-order valence-electron chi connectivity index (χ1n) is 9.73. The number of hydrogen-bond acceptors (Lipinski definition) is 3. The molecule has 1 atom stereocenters. The van der Waals surface area contributed by atoms with E-state index in [-0.39, 0.29) is 5.91 Å². The maximum Gasteiger partial charge on any atom is 0.233 e. The van der Waals surface area contributed by atoms with Crippen LogP contribution in [0.5, 0.6) is 0 Å². The predicted molar refractivity (Wildman–Crippen MR) is 111 cm³/mol. The third kappa shape index (κ3) is 3.74. The lowest BCUT2D eigenvalue weighted by Crippen LogP contribution is -2.44. The number of carbonyl (C=O) groups excluding carboxylic acids is 1. The molecule has 0 saturated carbocycles. The molecule has 140 valence electrons. The summed E-state index contributed by atoms with van der Waals surface area (Å²) in [6.07, 6.45) is 4.53. The molecule has 2 heterocycles. The standard InChI is InChI=1S/C22H25N3OS/c1-2-17-10-8-9-15-24(17)21(26)16-27-22-23-19-13-6-7-14-20(19)25(22)18-11-4-3-5-12-18/h3-7,11-14,17H,2,8-10,15-16H2,1H3. The fraction of sp³-hybridized carbons (Fsp3) is 0.364. The molecule has 1 amide bonds. The highest BCUT2D eigenvalue weighted by Gasteiger charge is 2.25. The lowest BCUT2D eigenvalue weighted by Gasteiger charge is -2.35. The van der Waals surface area contributed by atoms with Gasteiger partial charge in [0.1, 0.15) is 0 Å². The number of benzene rings is 2. The van der Waals surface area contributed by atoms with E-state index in [4.69, 9.17) is 4.98 Å². The van der Waals surface area contributed by atoms with Gasteiger partial charge in [-0.05, 0) is 49.9 Å². The van der Waals surface area contributed by atoms with Crippen LogP contribution in [-0.4, -0.2) is 38.7 Å². The maximum absolute atomic E-state index is 12.9. The van der Waals surface area contributed by atoms with E-state index in [2.05, 4.69) is 34.6 Å². The van der Waals surface area contributed by atoms with Gasteiger partial charge in [-0.2, -0.15) is 0 Å². The Labute approximate surface area is 164 Å². The quantitative estimate of drug-likeness (QED) is 0.591. The zero-order chi connectivity index (χ0) is 18.6. The maximum atomic E-state index is 12.9. The van der Waals surface area contributed by atoms with Crippen LogP contribution >= 0.6 is 11.8 Å². The van der Waals surface area contributed by atoms with Gasteiger partial charge >= 0.3 is 0 Å². The van der Waals surface area contributed by atoms with Crippen LogP contribution in [0.4, 0.5) is 0 Å². The van der Waals surface area contributed by atoms with Gasteiger partial charge in [0.2, 0.25) is 5.91 Å². The minimum absolute atomic E-state index is 0.234. The van der Waals surface area contributed by atoms with Crippen LogP contribution in [0.1, 0.15) is 32.6 Å². The molecule has 1 unspecified atom stereocenters. The molecule has 4 rings (SSSR count). The van der Waals surface area contributed by atoms with Crippen molar-refractivity contribution in [3.63, 3.8) is 0 Å². The van der Waals surface area contributed by atoms with Gasteiger partial charge in [-0.25, -0.2) is 4.98 Å². The molecule has 1 aliphatic heterocycles. The molecule has 1 aliphatic rings. The molecule has 4 nitrogen and oxygen atoms in total. The Morgan fingerprint density at radius 3 is 2.70 bits per heavy atom. The van der Waals surface area contributed by atoms with E-state index < -0.39 is 0 Å². The summed E-state index contributed by atoms with van der Waals surface area (Å²) in [7, 11) is 0. The summed E-state index contributed by atoms with van der Waals surface area (Å²) >= 11 is 1.54. The van der Waals surface area contributed by atoms with Gasteiger partial charge in [-0.3, -0.25) is 9.36 Å². The summed E-state index contributed by atoms with van der Waals surface area (Å²) in [5, 5.41) is 0.876. The number of nitrogens with zero attached hydrogens (tertiary/aromatic N) is 3. The molecule has 5 heteroatoms. The van der Waals surface area contributed by atoms with E-state index in [1.54, 1.807) is 11.8 Å². The van der Waals surface area contributed by atoms with Crippen LogP contribution in [0.25, 0.3) is 16.7 Å². The van der Waals surface area contributed by atoms with Crippen molar-refractivity contribution in [2.24, 2.45) is 0 Å². The third-order valence-corrected chi connectivity index (χ3v) is 6.21. The van der Waals surface area contributed by atoms with Crippen LogP contribution in [0.2, 0.25) is 0 Å². The second-order valence-corrected chi connectivity index (χ2v) is 7.93. The minimum Gasteiger partial charge on any atom is -0.339 e. The van der Waals surface area contributed by atoms with Crippen LogP contribution in [0.15, 0.2) is 59.8 Å². The van der Waals surface area contributed by atoms with Gasteiger partial charge in [-0.1, -0.05) is 49.0 Å². The first-order valence-corrected chi connectivity index (χ1v) is 10.7. The third-order valence-electron chi connectivity index (χ3n) is 5.29. The smallest absolute Gasteiger partial charge is 0.233 e. The topological polar surface area (TPSA) is 38.1 Å². The molecular formula is C22H25N3OS. The van der Waals surface area contributed by atoms with Crippen molar-refractivity contribution < 1.29 is 4.79 Å². The van der Waals surface area contributed by atoms with E-state index in [9.17, 15) is 4.79 Å². The van der Waals surface area contributed by atoms with Crippen LogP contribution in [-0.2, 0) is 4.79 Å². The van der Waals surface area contributed by atoms with Gasteiger partial charge < -0.3 is 4.90 Å². The average Bonchev–Trinajstić information content (AvgIpc) is 3.11. The molecule has 0 bridgehead atoms. The Morgan fingerprint density at radius 2 is 1.89 bits per heavy atom. The molecule has 0 spiro atoms. The number of aromatic nitrogens is 2. The van der Waals surface area contributed by atoms with Crippen molar-refractivity contribution in [3.05, 3.63) is 54.6 Å². The minimum atomic E-state index is 0.234. The van der Waals surface area contributed by atoms with Gasteiger partial charge in [0.25, 0.3) is 0 Å². The van der Waals surface area contributed by atoms with E-state index in [0.29, 0.717) is 11.8 Å². The lowest BCUT2D eigenvalue weighted by molar-refractivity contribution is -0.132. The molecule has 27 heavy (non-hydrogen) atoms. The molecule has 1 fully saturated rings. The van der Waals surface area contributed by atoms with Crippen molar-refractivity contribution in [1.82, 2.24) is 14.5 Å². The molecule has 0 aliphatic carbocycles. The van der Waals surface area contributed by atoms with E-state index in [1.807, 2.05) is 36.4 Å². The molecule has 1 saturated heterocycles. The highest BCUT2D eigenvalue weighted by Crippen LogP contribution is 2.29. The summed E-state index contributed by atoms with van der Waals surface area (Å²) in [5.74, 6) is 0.672. The summed E-state index contributed by atoms with van der Waals surface area (Å²) < 4.78 is 2.15. The lowest BCUT2D eigenvalue weighted by atomic mass is 10.0. The van der Waals surface area contributed by atoms with Crippen LogP contribution in [0, 0.1) is 0 Å². The number of para-hydroxylation sites is 3. The summed E-state index contributed by atoms with van der Waals surface area (Å²) in [6, 6.07) is 18.8. The van der Waals surface area contributed by atoms with Gasteiger partial charge in [0.15, 0.2) is 5.16 Å². The molecule has 2 aromatic carbocycles. The van der Waals surface area contributed by atoms with Crippen molar-refractivity contribution in [2.45, 2.75) is 43.8 Å². The first-order chi connectivity index (χ1) is 13.3. The number of fused-ring (bicyclic) bond motifs is 1. The van der Waals surface area contributed by atoms with Crippen molar-refractivity contribution in [2.75, 3.05) is 12.3 Å². The van der Waals surface area contributed by atoms with Crippen LogP contribution in [0.3, 0.4) is 0 Å². The second kappa shape index (κ2) is 8.17. The fourth-order valence-electron chi connectivity index (χ4n) is 3.89. The molecule has 0 N–H and O–H groups in total. The van der Waals surface area contributed by atoms with E-state index in [0.717, 1.165) is 47.7 Å². The molecular weight excluding hydrogens is 354 g/mol. The number of amides is 1. The molecule has 0 radical (unpaired) electrons. The number of likely N-dealkylation sites (tertiary alicyclic amines) is 1. The Kier molecular flexibility index (Phi) is 5.48. The average molecular weight is 380 g/mol. The van der Waals surface area contributed by atoms with E-state index in [1.165, 1.54) is 6.42 Å². The Morgan fingerprint density at radius 1 is 1.11 bits per heavy atom. The van der Waals surface area contributed by atoms with Gasteiger partial charge in [0, 0.05) is 18.3 Å². The first kappa shape index (κ1) is 18.1. The number of thioether (sulfide) groups is 1. The zero-order valence-electron chi connectivity index (χ0n) is 15.7. The van der Waals surface area contributed by atoms with Gasteiger partial charge in [0.05, 0.1) is 16.8 Å². The monoisotopic (exact) mass is 379 g/mol. The summed E-state index contributed by atoms with van der Waals surface area (Å²) in [4.78, 5) is 19.8. The van der Waals surface area contributed by atoms with Crippen LogP contribution < -0.4 is 0 Å². The van der Waals surface area contributed by atoms with Crippen molar-refractivity contribution in [3.8, 4) is 5.69 Å². The van der Waals surface area contributed by atoms with E-state index >= 15 is 0 Å². The Hall–Kier alpha value is -2.27. The summed E-state index contributed by atoms with van der Waals surface area (Å²) in [5.41, 5.74) is 3.11. The SMILES string of the molecule is CCC1CCCCN1C(=O)CSc1nc2ccccc2n1-c1ccccc1. The highest BCUT2D eigenvalue weighted by atomic mass is 32.2.